The predicted octanol–water partition coefficient (Wildman–Crippen LogP) is 2.02. The molecule has 2 heterocycles. The van der Waals surface area contributed by atoms with Crippen LogP contribution in [0.4, 0.5) is 4.79 Å². The molecule has 0 saturated carbocycles. The van der Waals surface area contributed by atoms with E-state index in [1.807, 2.05) is 30.3 Å². The maximum Gasteiger partial charge on any atom is 0.317 e. The number of amides is 2. The van der Waals surface area contributed by atoms with E-state index in [-0.39, 0.29) is 18.2 Å². The van der Waals surface area contributed by atoms with E-state index in [4.69, 9.17) is 9.84 Å². The minimum absolute atomic E-state index is 0.000552. The summed E-state index contributed by atoms with van der Waals surface area (Å²) in [5.41, 5.74) is 1.12. The maximum atomic E-state index is 12.3. The first-order chi connectivity index (χ1) is 11.1. The fourth-order valence-corrected chi connectivity index (χ4v) is 3.24. The summed E-state index contributed by atoms with van der Waals surface area (Å²) in [6.45, 7) is 1.42. The molecule has 2 saturated heterocycles. The number of carbonyl (C=O) groups excluding carboxylic acids is 1. The molecule has 2 fully saturated rings. The number of rotatable bonds is 3. The highest BCUT2D eigenvalue weighted by Gasteiger charge is 2.32. The third-order valence-corrected chi connectivity index (χ3v) is 4.61. The van der Waals surface area contributed by atoms with Crippen LogP contribution < -0.4 is 5.32 Å². The number of benzene rings is 1. The van der Waals surface area contributed by atoms with Crippen LogP contribution in [0.5, 0.6) is 0 Å². The molecule has 1 aromatic carbocycles. The Bertz CT molecular complexity index is 563. The Morgan fingerprint density at radius 1 is 1.22 bits per heavy atom. The number of likely N-dealkylation sites (tertiary alicyclic amines) is 1. The third kappa shape index (κ3) is 3.82. The number of nitrogens with zero attached hydrogens (tertiary/aromatic N) is 1. The molecule has 0 radical (unpaired) electrons. The predicted molar refractivity (Wildman–Crippen MR) is 84.0 cm³/mol. The highest BCUT2D eigenvalue weighted by molar-refractivity contribution is 5.77. The standard InChI is InChI=1S/C17H22N2O4/c20-16(21)13-6-8-19(11-13)17(22)18-14-7-9-23-15(10-14)12-4-2-1-3-5-12/h1-5,13-15H,6-11H2,(H,18,22)(H,20,21). The van der Waals surface area contributed by atoms with E-state index in [9.17, 15) is 9.59 Å². The smallest absolute Gasteiger partial charge is 0.317 e. The second-order valence-electron chi connectivity index (χ2n) is 6.21. The highest BCUT2D eigenvalue weighted by Crippen LogP contribution is 2.28. The Kier molecular flexibility index (Phi) is 4.81. The Hall–Kier alpha value is -2.08. The number of carboxylic acids is 1. The molecule has 1 aromatic rings. The fraction of sp³-hybridized carbons (Fsp3) is 0.529. The lowest BCUT2D eigenvalue weighted by Gasteiger charge is -2.31. The molecule has 3 atom stereocenters. The molecule has 3 unspecified atom stereocenters. The number of ether oxygens (including phenoxy) is 1. The van der Waals surface area contributed by atoms with Crippen molar-refractivity contribution in [2.45, 2.75) is 31.4 Å². The second-order valence-corrected chi connectivity index (χ2v) is 6.21. The van der Waals surface area contributed by atoms with E-state index in [1.165, 1.54) is 0 Å². The van der Waals surface area contributed by atoms with Crippen molar-refractivity contribution in [3.05, 3.63) is 35.9 Å². The molecule has 2 aliphatic rings. The molecule has 6 nitrogen and oxygen atoms in total. The summed E-state index contributed by atoms with van der Waals surface area (Å²) in [4.78, 5) is 24.9. The van der Waals surface area contributed by atoms with Crippen molar-refractivity contribution >= 4 is 12.0 Å². The van der Waals surface area contributed by atoms with Gasteiger partial charge in [-0.2, -0.15) is 0 Å². The molecule has 2 N–H and O–H groups in total. The monoisotopic (exact) mass is 318 g/mol. The molecule has 2 amide bonds. The van der Waals surface area contributed by atoms with Gasteiger partial charge in [-0.15, -0.1) is 0 Å². The van der Waals surface area contributed by atoms with E-state index in [2.05, 4.69) is 5.32 Å². The van der Waals surface area contributed by atoms with E-state index in [0.29, 0.717) is 26.1 Å². The normalized spacial score (nSPS) is 27.7. The lowest BCUT2D eigenvalue weighted by molar-refractivity contribution is -0.141. The molecule has 23 heavy (non-hydrogen) atoms. The molecule has 0 bridgehead atoms. The minimum Gasteiger partial charge on any atom is -0.481 e. The number of carboxylic acid groups (broad SMARTS) is 1. The van der Waals surface area contributed by atoms with Gasteiger partial charge in [0.25, 0.3) is 0 Å². The van der Waals surface area contributed by atoms with Crippen LogP contribution in [0.2, 0.25) is 0 Å². The van der Waals surface area contributed by atoms with Crippen molar-refractivity contribution in [2.75, 3.05) is 19.7 Å². The Labute approximate surface area is 135 Å². The van der Waals surface area contributed by atoms with Crippen LogP contribution in [-0.4, -0.2) is 47.7 Å². The highest BCUT2D eigenvalue weighted by atomic mass is 16.5. The molecule has 6 heteroatoms. The van der Waals surface area contributed by atoms with Crippen LogP contribution in [-0.2, 0) is 9.53 Å². The number of hydrogen-bond donors (Lipinski definition) is 2. The second kappa shape index (κ2) is 7.00. The Morgan fingerprint density at radius 3 is 2.70 bits per heavy atom. The molecule has 124 valence electrons. The van der Waals surface area contributed by atoms with Gasteiger partial charge < -0.3 is 20.1 Å². The van der Waals surface area contributed by atoms with Crippen molar-refractivity contribution in [1.29, 1.82) is 0 Å². The van der Waals surface area contributed by atoms with Gasteiger partial charge in [-0.3, -0.25) is 4.79 Å². The molecule has 2 aliphatic heterocycles. The van der Waals surface area contributed by atoms with Gasteiger partial charge >= 0.3 is 12.0 Å². The first kappa shape index (κ1) is 15.8. The first-order valence-corrected chi connectivity index (χ1v) is 8.08. The van der Waals surface area contributed by atoms with Gasteiger partial charge in [-0.25, -0.2) is 4.79 Å². The molecular weight excluding hydrogens is 296 g/mol. The minimum atomic E-state index is -0.824. The lowest BCUT2D eigenvalue weighted by atomic mass is 9.97. The summed E-state index contributed by atoms with van der Waals surface area (Å²) in [5, 5.41) is 12.1. The average Bonchev–Trinajstić information content (AvgIpc) is 3.06. The summed E-state index contributed by atoms with van der Waals surface area (Å²) in [5.74, 6) is -1.26. The van der Waals surface area contributed by atoms with E-state index >= 15 is 0 Å². The van der Waals surface area contributed by atoms with Crippen molar-refractivity contribution in [3.63, 3.8) is 0 Å². The Balaban J connectivity index is 1.54. The van der Waals surface area contributed by atoms with Crippen LogP contribution in [0.3, 0.4) is 0 Å². The summed E-state index contributed by atoms with van der Waals surface area (Å²) in [6.07, 6.45) is 2.06. The van der Waals surface area contributed by atoms with Gasteiger partial charge in [-0.05, 0) is 24.8 Å². The third-order valence-electron chi connectivity index (χ3n) is 4.61. The zero-order valence-electron chi connectivity index (χ0n) is 13.0. The van der Waals surface area contributed by atoms with E-state index in [0.717, 1.165) is 18.4 Å². The van der Waals surface area contributed by atoms with E-state index < -0.39 is 11.9 Å². The van der Waals surface area contributed by atoms with Crippen molar-refractivity contribution in [2.24, 2.45) is 5.92 Å². The number of carbonyl (C=O) groups is 2. The zero-order chi connectivity index (χ0) is 16.2. The van der Waals surface area contributed by atoms with Gasteiger partial charge in [0, 0.05) is 25.7 Å². The molecular formula is C17H22N2O4. The quantitative estimate of drug-likeness (QED) is 0.894. The molecule has 0 spiro atoms. The number of aliphatic carboxylic acids is 1. The number of urea groups is 1. The summed E-state index contributed by atoms with van der Waals surface area (Å²) in [6, 6.07) is 9.91. The van der Waals surface area contributed by atoms with Gasteiger partial charge in [-0.1, -0.05) is 30.3 Å². The maximum absolute atomic E-state index is 12.3. The topological polar surface area (TPSA) is 78.9 Å². The number of hydrogen-bond acceptors (Lipinski definition) is 3. The summed E-state index contributed by atoms with van der Waals surface area (Å²) in [7, 11) is 0. The lowest BCUT2D eigenvalue weighted by Crippen LogP contribution is -2.46. The van der Waals surface area contributed by atoms with E-state index in [1.54, 1.807) is 4.90 Å². The zero-order valence-corrected chi connectivity index (χ0v) is 13.0. The largest absolute Gasteiger partial charge is 0.481 e. The summed E-state index contributed by atoms with van der Waals surface area (Å²) < 4.78 is 5.81. The number of nitrogens with one attached hydrogen (secondary N) is 1. The van der Waals surface area contributed by atoms with Crippen LogP contribution in [0, 0.1) is 5.92 Å². The summed E-state index contributed by atoms with van der Waals surface area (Å²) >= 11 is 0. The average molecular weight is 318 g/mol. The molecule has 0 aromatic heterocycles. The van der Waals surface area contributed by atoms with Gasteiger partial charge in [0.05, 0.1) is 12.0 Å². The van der Waals surface area contributed by atoms with Gasteiger partial charge in [0.1, 0.15) is 0 Å². The van der Waals surface area contributed by atoms with Gasteiger partial charge in [0.15, 0.2) is 0 Å². The van der Waals surface area contributed by atoms with Crippen LogP contribution in [0.15, 0.2) is 30.3 Å². The van der Waals surface area contributed by atoms with Crippen molar-refractivity contribution < 1.29 is 19.4 Å². The molecule has 3 rings (SSSR count). The fourth-order valence-electron chi connectivity index (χ4n) is 3.24. The van der Waals surface area contributed by atoms with Crippen LogP contribution in [0.1, 0.15) is 30.9 Å². The van der Waals surface area contributed by atoms with Gasteiger partial charge in [0.2, 0.25) is 0 Å². The van der Waals surface area contributed by atoms with Crippen molar-refractivity contribution in [1.82, 2.24) is 10.2 Å². The SMILES string of the molecule is O=C(O)C1CCN(C(=O)NC2CCOC(c3ccccc3)C2)C1. The first-order valence-electron chi connectivity index (χ1n) is 8.08. The van der Waals surface area contributed by atoms with Crippen molar-refractivity contribution in [3.8, 4) is 0 Å². The van der Waals surface area contributed by atoms with Crippen LogP contribution in [0.25, 0.3) is 0 Å². The Morgan fingerprint density at radius 2 is 2.00 bits per heavy atom. The molecule has 0 aliphatic carbocycles. The van der Waals surface area contributed by atoms with Crippen LogP contribution >= 0.6 is 0 Å².